The summed E-state index contributed by atoms with van der Waals surface area (Å²) in [7, 11) is 0. The third-order valence-electron chi connectivity index (χ3n) is 3.19. The van der Waals surface area contributed by atoms with E-state index in [2.05, 4.69) is 4.98 Å². The molecule has 0 aliphatic heterocycles. The van der Waals surface area contributed by atoms with Gasteiger partial charge in [-0.2, -0.15) is 0 Å². The van der Waals surface area contributed by atoms with Crippen LogP contribution in [0.3, 0.4) is 0 Å². The van der Waals surface area contributed by atoms with E-state index in [0.717, 1.165) is 27.8 Å². The van der Waals surface area contributed by atoms with Gasteiger partial charge in [0.15, 0.2) is 5.16 Å². The minimum absolute atomic E-state index is 0.252. The molecule has 3 N–H and O–H groups in total. The van der Waals surface area contributed by atoms with Crippen molar-refractivity contribution in [3.8, 4) is 22.7 Å². The van der Waals surface area contributed by atoms with Crippen LogP contribution in [-0.2, 0) is 0 Å². The molecule has 4 nitrogen and oxygen atoms in total. The molecular formula is C16H15N3OS. The number of anilines is 1. The molecule has 0 spiro atoms. The van der Waals surface area contributed by atoms with Crippen molar-refractivity contribution < 1.29 is 5.11 Å². The monoisotopic (exact) mass is 297 g/mol. The number of aromatic hydroxyl groups is 1. The summed E-state index contributed by atoms with van der Waals surface area (Å²) in [5.74, 6) is 0.252. The van der Waals surface area contributed by atoms with Gasteiger partial charge in [-0.1, -0.05) is 11.8 Å². The zero-order valence-corrected chi connectivity index (χ0v) is 12.3. The van der Waals surface area contributed by atoms with Crippen molar-refractivity contribution in [2.45, 2.75) is 5.16 Å². The van der Waals surface area contributed by atoms with Gasteiger partial charge in [-0.05, 0) is 54.8 Å². The van der Waals surface area contributed by atoms with Gasteiger partial charge in [-0.3, -0.25) is 4.57 Å². The van der Waals surface area contributed by atoms with E-state index in [1.165, 1.54) is 0 Å². The average Bonchev–Trinajstić information content (AvgIpc) is 2.93. The fourth-order valence-corrected chi connectivity index (χ4v) is 2.64. The predicted octanol–water partition coefficient (Wildman–Crippen LogP) is 3.55. The first-order valence-electron chi connectivity index (χ1n) is 6.46. The number of nitrogens with zero attached hydrogens (tertiary/aromatic N) is 2. The van der Waals surface area contributed by atoms with Gasteiger partial charge in [0.2, 0.25) is 0 Å². The van der Waals surface area contributed by atoms with Crippen molar-refractivity contribution in [2.75, 3.05) is 12.0 Å². The summed E-state index contributed by atoms with van der Waals surface area (Å²) in [5.41, 5.74) is 9.33. The topological polar surface area (TPSA) is 64.1 Å². The molecule has 0 aliphatic carbocycles. The van der Waals surface area contributed by atoms with E-state index in [-0.39, 0.29) is 5.75 Å². The van der Waals surface area contributed by atoms with Crippen LogP contribution in [0.5, 0.6) is 5.75 Å². The molecule has 0 saturated carbocycles. The summed E-state index contributed by atoms with van der Waals surface area (Å²) in [4.78, 5) is 4.64. The zero-order valence-electron chi connectivity index (χ0n) is 11.5. The predicted molar refractivity (Wildman–Crippen MR) is 86.9 cm³/mol. The second-order valence-corrected chi connectivity index (χ2v) is 5.39. The highest BCUT2D eigenvalue weighted by Crippen LogP contribution is 2.27. The third kappa shape index (κ3) is 2.73. The van der Waals surface area contributed by atoms with Crippen molar-refractivity contribution in [2.24, 2.45) is 0 Å². The average molecular weight is 297 g/mol. The molecule has 0 amide bonds. The molecule has 0 aliphatic rings. The lowest BCUT2D eigenvalue weighted by molar-refractivity contribution is 0.475. The highest BCUT2D eigenvalue weighted by molar-refractivity contribution is 7.98. The fourth-order valence-electron chi connectivity index (χ4n) is 2.10. The van der Waals surface area contributed by atoms with E-state index in [4.69, 9.17) is 5.73 Å². The number of nitrogens with two attached hydrogens (primary N) is 1. The Morgan fingerprint density at radius 1 is 1.05 bits per heavy atom. The number of nitrogen functional groups attached to an aromatic ring is 1. The van der Waals surface area contributed by atoms with Gasteiger partial charge in [-0.15, -0.1) is 0 Å². The summed E-state index contributed by atoms with van der Waals surface area (Å²) < 4.78 is 2.03. The summed E-state index contributed by atoms with van der Waals surface area (Å²) in [6.07, 6.45) is 3.99. The summed E-state index contributed by atoms with van der Waals surface area (Å²) in [6.45, 7) is 0. The van der Waals surface area contributed by atoms with Gasteiger partial charge in [0.1, 0.15) is 5.75 Å². The minimum atomic E-state index is 0.252. The Hall–Kier alpha value is -2.40. The van der Waals surface area contributed by atoms with Crippen LogP contribution < -0.4 is 5.73 Å². The van der Waals surface area contributed by atoms with E-state index in [1.807, 2.05) is 53.4 Å². The number of imidazole rings is 1. The highest BCUT2D eigenvalue weighted by Gasteiger charge is 2.10. The first kappa shape index (κ1) is 13.6. The van der Waals surface area contributed by atoms with E-state index in [1.54, 1.807) is 23.9 Å². The van der Waals surface area contributed by atoms with Crippen LogP contribution in [0.4, 0.5) is 5.69 Å². The normalized spacial score (nSPS) is 10.7. The number of rotatable bonds is 3. The molecular weight excluding hydrogens is 282 g/mol. The lowest BCUT2D eigenvalue weighted by atomic mass is 10.2. The molecule has 106 valence electrons. The van der Waals surface area contributed by atoms with Crippen LogP contribution in [0.1, 0.15) is 0 Å². The van der Waals surface area contributed by atoms with Crippen molar-refractivity contribution in [3.05, 3.63) is 54.7 Å². The lowest BCUT2D eigenvalue weighted by Crippen LogP contribution is -1.94. The lowest BCUT2D eigenvalue weighted by Gasteiger charge is -2.05. The fraction of sp³-hybridized carbons (Fsp3) is 0.0625. The van der Waals surface area contributed by atoms with Crippen molar-refractivity contribution in [3.63, 3.8) is 0 Å². The number of aromatic nitrogens is 2. The standard InChI is InChI=1S/C16H15N3OS/c1-21-16-18-15(11-2-8-14(20)9-3-11)10-19(16)13-6-4-12(17)5-7-13/h2-10,20H,17H2,1H3. The maximum atomic E-state index is 9.37. The second kappa shape index (κ2) is 5.54. The number of phenolic OH excluding ortho intramolecular Hbond substituents is 1. The quantitative estimate of drug-likeness (QED) is 0.573. The number of thioether (sulfide) groups is 1. The van der Waals surface area contributed by atoms with Gasteiger partial charge >= 0.3 is 0 Å². The van der Waals surface area contributed by atoms with Crippen LogP contribution in [-0.4, -0.2) is 20.9 Å². The van der Waals surface area contributed by atoms with E-state index >= 15 is 0 Å². The molecule has 0 radical (unpaired) electrons. The molecule has 1 heterocycles. The number of hydrogen-bond donors (Lipinski definition) is 2. The largest absolute Gasteiger partial charge is 0.508 e. The number of hydrogen-bond acceptors (Lipinski definition) is 4. The molecule has 0 saturated heterocycles. The maximum Gasteiger partial charge on any atom is 0.172 e. The van der Waals surface area contributed by atoms with Gasteiger partial charge in [-0.25, -0.2) is 4.98 Å². The maximum absolute atomic E-state index is 9.37. The smallest absolute Gasteiger partial charge is 0.172 e. The van der Waals surface area contributed by atoms with Crippen LogP contribution in [0.25, 0.3) is 16.9 Å². The third-order valence-corrected chi connectivity index (χ3v) is 3.84. The summed E-state index contributed by atoms with van der Waals surface area (Å²) >= 11 is 1.58. The van der Waals surface area contributed by atoms with Crippen molar-refractivity contribution in [1.82, 2.24) is 9.55 Å². The van der Waals surface area contributed by atoms with Gasteiger partial charge in [0, 0.05) is 23.1 Å². The van der Waals surface area contributed by atoms with Crippen LogP contribution in [0.15, 0.2) is 59.9 Å². The van der Waals surface area contributed by atoms with E-state index in [0.29, 0.717) is 0 Å². The molecule has 1 aromatic heterocycles. The first-order valence-corrected chi connectivity index (χ1v) is 7.68. The SMILES string of the molecule is CSc1nc(-c2ccc(O)cc2)cn1-c1ccc(N)cc1. The van der Waals surface area contributed by atoms with Gasteiger partial charge in [0.25, 0.3) is 0 Å². The number of phenols is 1. The molecule has 21 heavy (non-hydrogen) atoms. The van der Waals surface area contributed by atoms with E-state index < -0.39 is 0 Å². The molecule has 3 rings (SSSR count). The molecule has 0 atom stereocenters. The van der Waals surface area contributed by atoms with Gasteiger partial charge in [0.05, 0.1) is 5.69 Å². The molecule has 5 heteroatoms. The molecule has 0 bridgehead atoms. The van der Waals surface area contributed by atoms with Crippen LogP contribution in [0.2, 0.25) is 0 Å². The zero-order chi connectivity index (χ0) is 14.8. The van der Waals surface area contributed by atoms with Crippen molar-refractivity contribution in [1.29, 1.82) is 0 Å². The Kier molecular flexibility index (Phi) is 3.58. The Morgan fingerprint density at radius 2 is 1.71 bits per heavy atom. The second-order valence-electron chi connectivity index (χ2n) is 4.62. The minimum Gasteiger partial charge on any atom is -0.508 e. The van der Waals surface area contributed by atoms with Crippen LogP contribution >= 0.6 is 11.8 Å². The van der Waals surface area contributed by atoms with Crippen molar-refractivity contribution >= 4 is 17.4 Å². The molecule has 3 aromatic rings. The van der Waals surface area contributed by atoms with Crippen LogP contribution in [0, 0.1) is 0 Å². The Bertz CT molecular complexity index is 748. The molecule has 0 unspecified atom stereocenters. The van der Waals surface area contributed by atoms with E-state index in [9.17, 15) is 5.11 Å². The Balaban J connectivity index is 2.05. The Labute approximate surface area is 127 Å². The summed E-state index contributed by atoms with van der Waals surface area (Å²) in [5, 5.41) is 10.3. The highest BCUT2D eigenvalue weighted by atomic mass is 32.2. The molecule has 2 aromatic carbocycles. The summed E-state index contributed by atoms with van der Waals surface area (Å²) in [6, 6.07) is 14.7. The molecule has 0 fully saturated rings. The number of benzene rings is 2. The first-order chi connectivity index (χ1) is 10.2. The Morgan fingerprint density at radius 3 is 2.33 bits per heavy atom. The van der Waals surface area contributed by atoms with Gasteiger partial charge < -0.3 is 10.8 Å².